The van der Waals surface area contributed by atoms with Crippen molar-refractivity contribution in [3.05, 3.63) is 238 Å². The number of carbonyl (C=O) groups is 4. The average molecular weight is 2010 g/mol. The number of benzene rings is 2. The zero-order chi connectivity index (χ0) is 96.0. The first kappa shape index (κ1) is 94.6. The third kappa shape index (κ3) is 20.3. The number of alkyl halides is 4. The molecule has 14 aromatic heterocycles. The van der Waals surface area contributed by atoms with Crippen LogP contribution in [0.4, 0.5) is 40.8 Å². The van der Waals surface area contributed by atoms with Crippen molar-refractivity contribution >= 4 is 113 Å². The summed E-state index contributed by atoms with van der Waals surface area (Å²) in [5.74, 6) is -5.15. The molecule has 13 N–H and O–H groups in total. The van der Waals surface area contributed by atoms with E-state index in [0.717, 1.165) is 95.4 Å². The fourth-order valence-corrected chi connectivity index (χ4v) is 20.2. The lowest BCUT2D eigenvalue weighted by Gasteiger charge is -2.29. The maximum atomic E-state index is 14.0. The minimum Gasteiger partial charge on any atom is -0.479 e. The number of nitrogen functional groups attached to an aromatic ring is 4. The second-order valence-corrected chi connectivity index (χ2v) is 36.6. The monoisotopic (exact) mass is 2010 g/mol. The molecule has 137 heavy (non-hydrogen) atoms. The van der Waals surface area contributed by atoms with Crippen LogP contribution in [0.15, 0.2) is 211 Å². The Bertz CT molecular complexity index is 6820. The Morgan fingerprint density at radius 2 is 0.715 bits per heavy atom. The second-order valence-electron chi connectivity index (χ2n) is 34.7. The highest BCUT2D eigenvalue weighted by Gasteiger charge is 2.39. The Hall–Kier alpha value is -14.1. The first-order chi connectivity index (χ1) is 66.2. The summed E-state index contributed by atoms with van der Waals surface area (Å²) in [5, 5.41) is 63.0. The van der Waals surface area contributed by atoms with Gasteiger partial charge < -0.3 is 53.0 Å². The van der Waals surface area contributed by atoms with Gasteiger partial charge in [-0.2, -0.15) is 38.5 Å². The molecule has 4 aliphatic carbocycles. The molecule has 32 nitrogen and oxygen atoms in total. The van der Waals surface area contributed by atoms with Crippen LogP contribution in [0.3, 0.4) is 0 Å². The molecule has 4 atom stereocenters. The van der Waals surface area contributed by atoms with Crippen molar-refractivity contribution < 1.29 is 62.3 Å². The molecule has 4 fully saturated rings. The number of nitrogens with two attached hydrogens (primary N) is 4. The van der Waals surface area contributed by atoms with Crippen LogP contribution in [0.25, 0.3) is 112 Å². The van der Waals surface area contributed by atoms with Crippen LogP contribution in [0, 0.1) is 23.7 Å². The third-order valence-electron chi connectivity index (χ3n) is 26.4. The quantitative estimate of drug-likeness (QED) is 0.0285. The number of carboxylic acids is 4. The van der Waals surface area contributed by atoms with Crippen LogP contribution in [-0.4, -0.2) is 174 Å². The summed E-state index contributed by atoms with van der Waals surface area (Å²) >= 11 is 13.7. The average Bonchev–Trinajstić information content (AvgIpc) is 1.66. The second kappa shape index (κ2) is 41.6. The van der Waals surface area contributed by atoms with Crippen molar-refractivity contribution in [2.75, 3.05) is 29.5 Å². The Morgan fingerprint density at radius 3 is 1.08 bits per heavy atom. The number of pyridine rings is 4. The molecule has 20 rings (SSSR count). The van der Waals surface area contributed by atoms with E-state index in [0.29, 0.717) is 181 Å². The zero-order valence-corrected chi connectivity index (χ0v) is 77.5. The molecule has 4 aliphatic rings. The molecule has 0 saturated heterocycles. The van der Waals surface area contributed by atoms with Gasteiger partial charge in [-0.3, -0.25) is 19.9 Å². The number of aliphatic hydroxyl groups excluding tert-OH is 1. The van der Waals surface area contributed by atoms with Gasteiger partial charge in [0, 0.05) is 176 Å². The Balaban J connectivity index is 0.000000127. The molecule has 0 bridgehead atoms. The van der Waals surface area contributed by atoms with Crippen molar-refractivity contribution in [1.29, 1.82) is 0 Å². The van der Waals surface area contributed by atoms with Gasteiger partial charge in [-0.15, -0.1) is 0 Å². The van der Waals surface area contributed by atoms with Gasteiger partial charge >= 0.3 is 23.9 Å². The highest BCUT2D eigenvalue weighted by molar-refractivity contribution is 9.11. The Kier molecular flexibility index (Phi) is 28.8. The van der Waals surface area contributed by atoms with Crippen LogP contribution in [0.1, 0.15) is 149 Å². The summed E-state index contributed by atoms with van der Waals surface area (Å²) < 4.78 is 65.3. The van der Waals surface area contributed by atoms with Crippen LogP contribution in [0.2, 0.25) is 5.02 Å². The molecule has 4 saturated carbocycles. The third-order valence-corrected chi connectivity index (χ3v) is 28.4. The Morgan fingerprint density at radius 1 is 0.380 bits per heavy atom. The van der Waals surface area contributed by atoms with E-state index in [4.69, 9.17) is 80.0 Å². The molecular formula is C98H94Br2ClF4N23O9. The van der Waals surface area contributed by atoms with Gasteiger partial charge in [0.25, 0.3) is 0 Å². The number of hydrogen-bond donors (Lipinski definition) is 9. The maximum Gasteiger partial charge on any atom is 0.338 e. The standard InChI is InChI=1S/C25H26BrFN6O3.C25H23ClFN5O2.C25H24FN5O2.C23H21BrFN7O2/c26-20-22(15-3-1-14(2-4-15)21(27)25(35)36)31-24-18(12-30-33(24)23(20)28)16-5-6-19(29-11-16)17-7-8-32(13-17)9-10-34;26-20-22(16-8-6-15(7-9-16)21(27)25(33)34)31-24-18(13-30-32(24)23(20)28)17-10-11-19(29-12-17)14-4-2-1-3-5-14;26-23(25(32)33)17-8-6-16(7-9-17)21-12-22(27)31-24(30-21)19(14-29-31)18-10-11-20(28-13-18)15-4-2-1-3-5-15;24-17-19(13-4-2-12(3-5-13)18(25)23(33)34)31-22-15(11-30-32(22)20(17)26)14-6-7-16(29-10-14)21-27-8-1-9-28-21/h5-8,11-15,21,34H,1-4,9-10,28H2,(H,35,36);1-5,10-13,15-16,21H,6-9,28H2,(H,33,34);1-5,10-14,16-17,23H,6-9,27H2,(H,32,33);1,6-13,18H,2-5,26H2,(H,33,34). The summed E-state index contributed by atoms with van der Waals surface area (Å²) in [6.45, 7) is 0.602. The normalized spacial score (nSPS) is 19.2. The maximum absolute atomic E-state index is 14.0. The number of halogens is 7. The van der Waals surface area contributed by atoms with Gasteiger partial charge in [0.15, 0.2) is 53.1 Å². The minimum absolute atomic E-state index is 0.0293. The molecular weight excluding hydrogens is 1910 g/mol. The molecule has 16 aromatic rings. The predicted octanol–water partition coefficient (Wildman–Crippen LogP) is 18.7. The van der Waals surface area contributed by atoms with E-state index in [-0.39, 0.29) is 36.1 Å². The Labute approximate surface area is 802 Å². The summed E-state index contributed by atoms with van der Waals surface area (Å²) in [6, 6.07) is 40.9. The van der Waals surface area contributed by atoms with Crippen molar-refractivity contribution in [1.82, 2.24) is 92.9 Å². The van der Waals surface area contributed by atoms with Gasteiger partial charge in [0.05, 0.1) is 74.5 Å². The number of aliphatic hydroxyl groups is 1. The highest BCUT2D eigenvalue weighted by atomic mass is 79.9. The molecule has 0 radical (unpaired) electrons. The van der Waals surface area contributed by atoms with E-state index in [9.17, 15) is 36.7 Å². The van der Waals surface area contributed by atoms with Crippen molar-refractivity contribution in [3.63, 3.8) is 0 Å². The minimum atomic E-state index is -1.84. The highest BCUT2D eigenvalue weighted by Crippen LogP contribution is 2.48. The summed E-state index contributed by atoms with van der Waals surface area (Å²) in [7, 11) is 0. The van der Waals surface area contributed by atoms with Crippen LogP contribution in [-0.2, 0) is 25.7 Å². The van der Waals surface area contributed by atoms with Crippen molar-refractivity contribution in [2.45, 2.75) is 158 Å². The van der Waals surface area contributed by atoms with Gasteiger partial charge in [-0.1, -0.05) is 96.5 Å². The number of carboxylic acid groups (broad SMARTS) is 4. The zero-order valence-electron chi connectivity index (χ0n) is 73.5. The number of aromatic nitrogens is 19. The van der Waals surface area contributed by atoms with E-state index < -0.39 is 72.2 Å². The van der Waals surface area contributed by atoms with E-state index in [2.05, 4.69) is 82.2 Å². The molecule has 4 unspecified atom stereocenters. The molecule has 2 aromatic carbocycles. The topological polar surface area (TPSA) is 477 Å². The predicted molar refractivity (Wildman–Crippen MR) is 514 cm³/mol. The van der Waals surface area contributed by atoms with E-state index in [1.54, 1.807) is 75.4 Å². The van der Waals surface area contributed by atoms with E-state index in [1.807, 2.05) is 144 Å². The first-order valence-electron chi connectivity index (χ1n) is 44.9. The van der Waals surface area contributed by atoms with Crippen LogP contribution >= 0.6 is 43.5 Å². The molecule has 39 heteroatoms. The van der Waals surface area contributed by atoms with Crippen LogP contribution < -0.4 is 22.9 Å². The lowest BCUT2D eigenvalue weighted by molar-refractivity contribution is -0.146. The first-order valence-corrected chi connectivity index (χ1v) is 46.8. The molecule has 0 aliphatic heterocycles. The number of fused-ring (bicyclic) bond motifs is 4. The number of anilines is 4. The SMILES string of the molecule is Nc1c(Br)c(C2CCC(C(F)C(=O)O)CC2)nc2c(-c3ccc(-c4ccn(CCO)c4)nc3)cnn12.Nc1c(Br)c(C2CCC(C(F)C(=O)O)CC2)nc2c(-c3ccc(-c4ncccn4)nc3)cnn12.Nc1c(Cl)c(C2CCC(C(F)C(=O)O)CC2)nc2c(-c3ccc(-c4ccccc4)nc3)cnn12.Nc1cc(C2CCC(C(F)C(=O)O)CC2)nc2c(-c3ccc(-c4ccccc4)nc3)cnn12. The van der Waals surface area contributed by atoms with Gasteiger partial charge in [-0.25, -0.2) is 66.6 Å². The number of hydrogen-bond acceptors (Lipinski definition) is 23. The summed E-state index contributed by atoms with van der Waals surface area (Å²) in [4.78, 5) is 90.3. The van der Waals surface area contributed by atoms with Gasteiger partial charge in [0.1, 0.15) is 34.0 Å². The van der Waals surface area contributed by atoms with E-state index in [1.165, 1.54) is 4.52 Å². The smallest absolute Gasteiger partial charge is 0.338 e. The van der Waals surface area contributed by atoms with Crippen molar-refractivity contribution in [2.24, 2.45) is 23.7 Å². The summed E-state index contributed by atoms with van der Waals surface area (Å²) in [5.41, 5.74) is 43.6. The molecule has 704 valence electrons. The number of aliphatic carboxylic acids is 4. The summed E-state index contributed by atoms with van der Waals surface area (Å²) in [6.07, 6.45) is 22.7. The molecule has 14 heterocycles. The lowest BCUT2D eigenvalue weighted by Crippen LogP contribution is -2.28. The number of rotatable bonds is 22. The number of nitrogens with zero attached hydrogens (tertiary/aromatic N) is 19. The van der Waals surface area contributed by atoms with Crippen molar-refractivity contribution in [3.8, 4) is 89.8 Å². The van der Waals surface area contributed by atoms with E-state index >= 15 is 0 Å². The fraction of sp³-hybridized carbons (Fsp3) is 0.306. The fourth-order valence-electron chi connectivity index (χ4n) is 18.8. The largest absolute Gasteiger partial charge is 0.479 e. The lowest BCUT2D eigenvalue weighted by atomic mass is 9.78. The van der Waals surface area contributed by atoms with Crippen LogP contribution in [0.5, 0.6) is 0 Å². The van der Waals surface area contributed by atoms with Gasteiger partial charge in [0.2, 0.25) is 0 Å². The van der Waals surface area contributed by atoms with Gasteiger partial charge in [-0.05, 0) is 171 Å². The molecule has 0 amide bonds. The molecule has 0 spiro atoms.